The largest absolute Gasteiger partial charge is 0.445 e. The Morgan fingerprint density at radius 3 is 2.79 bits per heavy atom. The second-order valence-electron chi connectivity index (χ2n) is 4.62. The van der Waals surface area contributed by atoms with Crippen LogP contribution in [0.4, 0.5) is 4.79 Å². The third-order valence-corrected chi connectivity index (χ3v) is 3.11. The molecule has 2 unspecified atom stereocenters. The molecule has 1 heterocycles. The molecule has 0 spiro atoms. The average Bonchev–Trinajstić information content (AvgIpc) is 2.47. The zero-order chi connectivity index (χ0) is 13.5. The van der Waals surface area contributed by atoms with Crippen molar-refractivity contribution < 1.29 is 19.4 Å². The lowest BCUT2D eigenvalue weighted by Gasteiger charge is -2.28. The Bertz CT molecular complexity index is 388. The first-order valence-electron chi connectivity index (χ1n) is 6.47. The van der Waals surface area contributed by atoms with Crippen molar-refractivity contribution in [3.05, 3.63) is 35.9 Å². The zero-order valence-electron chi connectivity index (χ0n) is 10.7. The molecule has 1 aromatic rings. The van der Waals surface area contributed by atoms with Gasteiger partial charge in [-0.3, -0.25) is 0 Å². The second-order valence-corrected chi connectivity index (χ2v) is 4.62. The fourth-order valence-corrected chi connectivity index (χ4v) is 2.00. The fraction of sp³-hybridized carbons (Fsp3) is 0.500. The lowest BCUT2D eigenvalue weighted by Crippen LogP contribution is -2.43. The number of aliphatic hydroxyl groups is 1. The number of carbonyl (C=O) groups excluding carboxylic acids is 1. The molecular weight excluding hydrogens is 246 g/mol. The SMILES string of the molecule is O=C(NC1CCC(CO)OC1)OCc1ccccc1. The molecule has 2 rings (SSSR count). The normalized spacial score (nSPS) is 22.8. The summed E-state index contributed by atoms with van der Waals surface area (Å²) in [6.07, 6.45) is 1.02. The van der Waals surface area contributed by atoms with Crippen LogP contribution in [0.5, 0.6) is 0 Å². The van der Waals surface area contributed by atoms with E-state index in [0.29, 0.717) is 6.61 Å². The number of aliphatic hydroxyl groups excluding tert-OH is 1. The van der Waals surface area contributed by atoms with Gasteiger partial charge in [0.25, 0.3) is 0 Å². The molecule has 1 aliphatic rings. The van der Waals surface area contributed by atoms with Gasteiger partial charge in [-0.15, -0.1) is 0 Å². The highest BCUT2D eigenvalue weighted by atomic mass is 16.5. The molecule has 2 N–H and O–H groups in total. The van der Waals surface area contributed by atoms with E-state index in [1.54, 1.807) is 0 Å². The molecule has 1 amide bonds. The maximum atomic E-state index is 11.6. The van der Waals surface area contributed by atoms with Crippen LogP contribution in [0, 0.1) is 0 Å². The van der Waals surface area contributed by atoms with Gasteiger partial charge in [0.15, 0.2) is 0 Å². The van der Waals surface area contributed by atoms with E-state index >= 15 is 0 Å². The minimum absolute atomic E-state index is 0.0329. The number of carbonyl (C=O) groups is 1. The number of alkyl carbamates (subject to hydrolysis) is 1. The van der Waals surface area contributed by atoms with Gasteiger partial charge in [-0.25, -0.2) is 4.79 Å². The predicted molar refractivity (Wildman–Crippen MR) is 69.6 cm³/mol. The Hall–Kier alpha value is -1.59. The molecule has 1 saturated heterocycles. The number of ether oxygens (including phenoxy) is 2. The molecular formula is C14H19NO4. The monoisotopic (exact) mass is 265 g/mol. The molecule has 0 aliphatic carbocycles. The van der Waals surface area contributed by atoms with E-state index in [-0.39, 0.29) is 25.4 Å². The highest BCUT2D eigenvalue weighted by Gasteiger charge is 2.22. The Morgan fingerprint density at radius 2 is 2.16 bits per heavy atom. The molecule has 0 bridgehead atoms. The van der Waals surface area contributed by atoms with Crippen molar-refractivity contribution in [2.45, 2.75) is 31.6 Å². The Balaban J connectivity index is 1.67. The molecule has 5 nitrogen and oxygen atoms in total. The Labute approximate surface area is 112 Å². The molecule has 5 heteroatoms. The van der Waals surface area contributed by atoms with Crippen molar-refractivity contribution in [2.24, 2.45) is 0 Å². The van der Waals surface area contributed by atoms with E-state index in [1.807, 2.05) is 30.3 Å². The summed E-state index contributed by atoms with van der Waals surface area (Å²) in [6.45, 7) is 0.719. The summed E-state index contributed by atoms with van der Waals surface area (Å²) in [7, 11) is 0. The van der Waals surface area contributed by atoms with Gasteiger partial charge < -0.3 is 19.9 Å². The van der Waals surface area contributed by atoms with Crippen LogP contribution in [0.1, 0.15) is 18.4 Å². The van der Waals surface area contributed by atoms with Crippen molar-refractivity contribution in [1.29, 1.82) is 0 Å². The van der Waals surface area contributed by atoms with Gasteiger partial charge in [-0.2, -0.15) is 0 Å². The summed E-state index contributed by atoms with van der Waals surface area (Å²) in [6, 6.07) is 9.50. The molecule has 0 radical (unpaired) electrons. The summed E-state index contributed by atoms with van der Waals surface area (Å²) < 4.78 is 10.5. The predicted octanol–water partition coefficient (Wildman–Crippen LogP) is 1.45. The van der Waals surface area contributed by atoms with Crippen molar-refractivity contribution >= 4 is 6.09 Å². The third-order valence-electron chi connectivity index (χ3n) is 3.11. The maximum Gasteiger partial charge on any atom is 0.407 e. The lowest BCUT2D eigenvalue weighted by atomic mass is 10.1. The number of amides is 1. The Kier molecular flexibility index (Phi) is 5.18. The number of nitrogens with one attached hydrogen (secondary N) is 1. The number of hydrogen-bond donors (Lipinski definition) is 2. The van der Waals surface area contributed by atoms with Gasteiger partial charge in [0.1, 0.15) is 6.61 Å². The smallest absolute Gasteiger partial charge is 0.407 e. The molecule has 19 heavy (non-hydrogen) atoms. The summed E-state index contributed by atoms with van der Waals surface area (Å²) >= 11 is 0. The first kappa shape index (κ1) is 13.8. The van der Waals surface area contributed by atoms with Gasteiger partial charge in [0, 0.05) is 0 Å². The zero-order valence-corrected chi connectivity index (χ0v) is 10.7. The van der Waals surface area contributed by atoms with Gasteiger partial charge in [-0.1, -0.05) is 30.3 Å². The number of rotatable bonds is 4. The van der Waals surface area contributed by atoms with Crippen LogP contribution in [0.25, 0.3) is 0 Å². The highest BCUT2D eigenvalue weighted by molar-refractivity contribution is 5.67. The van der Waals surface area contributed by atoms with Gasteiger partial charge in [0.05, 0.1) is 25.4 Å². The van der Waals surface area contributed by atoms with E-state index in [4.69, 9.17) is 14.6 Å². The molecule has 104 valence electrons. The number of benzene rings is 1. The van der Waals surface area contributed by atoms with E-state index in [9.17, 15) is 4.79 Å². The highest BCUT2D eigenvalue weighted by Crippen LogP contribution is 2.13. The number of hydrogen-bond acceptors (Lipinski definition) is 4. The van der Waals surface area contributed by atoms with E-state index in [2.05, 4.69) is 5.32 Å². The van der Waals surface area contributed by atoms with Crippen LogP contribution in [0.3, 0.4) is 0 Å². The minimum atomic E-state index is -0.431. The van der Waals surface area contributed by atoms with Crippen LogP contribution >= 0.6 is 0 Å². The third kappa shape index (κ3) is 4.54. The van der Waals surface area contributed by atoms with Crippen LogP contribution in [0.15, 0.2) is 30.3 Å². The van der Waals surface area contributed by atoms with Crippen LogP contribution in [0.2, 0.25) is 0 Å². The molecule has 1 fully saturated rings. The second kappa shape index (κ2) is 7.11. The first-order chi connectivity index (χ1) is 9.28. The van der Waals surface area contributed by atoms with E-state index < -0.39 is 6.09 Å². The molecule has 1 aliphatic heterocycles. The van der Waals surface area contributed by atoms with Gasteiger partial charge in [-0.05, 0) is 18.4 Å². The summed E-state index contributed by atoms with van der Waals surface area (Å²) in [5, 5.41) is 11.7. The van der Waals surface area contributed by atoms with Gasteiger partial charge >= 0.3 is 6.09 Å². The lowest BCUT2D eigenvalue weighted by molar-refractivity contribution is -0.0314. The topological polar surface area (TPSA) is 67.8 Å². The summed E-state index contributed by atoms with van der Waals surface area (Å²) in [4.78, 5) is 11.6. The van der Waals surface area contributed by atoms with Crippen molar-refractivity contribution in [2.75, 3.05) is 13.2 Å². The minimum Gasteiger partial charge on any atom is -0.445 e. The van der Waals surface area contributed by atoms with Crippen LogP contribution in [-0.2, 0) is 16.1 Å². The molecule has 0 aromatic heterocycles. The van der Waals surface area contributed by atoms with Gasteiger partial charge in [0.2, 0.25) is 0 Å². The van der Waals surface area contributed by atoms with E-state index in [1.165, 1.54) is 0 Å². The fourth-order valence-electron chi connectivity index (χ4n) is 2.00. The Morgan fingerprint density at radius 1 is 1.37 bits per heavy atom. The average molecular weight is 265 g/mol. The standard InChI is InChI=1S/C14H19NO4/c16-8-13-7-6-12(10-18-13)15-14(17)19-9-11-4-2-1-3-5-11/h1-5,12-13,16H,6-10H2,(H,15,17). The van der Waals surface area contributed by atoms with Crippen LogP contribution in [-0.4, -0.2) is 36.6 Å². The quantitative estimate of drug-likeness (QED) is 0.864. The molecule has 0 saturated carbocycles. The maximum absolute atomic E-state index is 11.6. The van der Waals surface area contributed by atoms with Crippen molar-refractivity contribution in [1.82, 2.24) is 5.32 Å². The molecule has 2 atom stereocenters. The van der Waals surface area contributed by atoms with Crippen molar-refractivity contribution in [3.8, 4) is 0 Å². The summed E-state index contributed by atoms with van der Waals surface area (Å²) in [5.41, 5.74) is 0.956. The van der Waals surface area contributed by atoms with E-state index in [0.717, 1.165) is 18.4 Å². The summed E-state index contributed by atoms with van der Waals surface area (Å²) in [5.74, 6) is 0. The van der Waals surface area contributed by atoms with Crippen LogP contribution < -0.4 is 5.32 Å². The first-order valence-corrected chi connectivity index (χ1v) is 6.47. The molecule has 1 aromatic carbocycles. The van der Waals surface area contributed by atoms with Crippen molar-refractivity contribution in [3.63, 3.8) is 0 Å².